The predicted molar refractivity (Wildman–Crippen MR) is 117 cm³/mol. The van der Waals surface area contributed by atoms with E-state index >= 15 is 0 Å². The zero-order valence-electron chi connectivity index (χ0n) is 17.9. The third kappa shape index (κ3) is 4.17. The van der Waals surface area contributed by atoms with Crippen LogP contribution >= 0.6 is 0 Å². The number of ether oxygens (including phenoxy) is 2. The van der Waals surface area contributed by atoms with Crippen LogP contribution in [0.1, 0.15) is 6.92 Å². The number of nitrogens with one attached hydrogen (secondary N) is 2. The summed E-state index contributed by atoms with van der Waals surface area (Å²) in [5.41, 5.74) is 4.38. The summed E-state index contributed by atoms with van der Waals surface area (Å²) < 4.78 is 10.7. The number of amides is 3. The van der Waals surface area contributed by atoms with E-state index in [1.54, 1.807) is 31.4 Å². The zero-order valence-corrected chi connectivity index (χ0v) is 17.9. The molecule has 0 radical (unpaired) electrons. The van der Waals surface area contributed by atoms with Crippen molar-refractivity contribution in [3.63, 3.8) is 0 Å². The van der Waals surface area contributed by atoms with Crippen LogP contribution < -0.4 is 25.1 Å². The zero-order chi connectivity index (χ0) is 22.7. The van der Waals surface area contributed by atoms with Crippen LogP contribution in [-0.4, -0.2) is 67.3 Å². The maximum atomic E-state index is 12.7. The van der Waals surface area contributed by atoms with Gasteiger partial charge in [-0.1, -0.05) is 12.1 Å². The van der Waals surface area contributed by atoms with Gasteiger partial charge in [0.05, 0.1) is 19.4 Å². The number of fused-ring (bicyclic) bond motifs is 1. The van der Waals surface area contributed by atoms with Crippen molar-refractivity contribution in [2.24, 2.45) is 0 Å². The number of methoxy groups -OCH3 is 1. The Kier molecular flexibility index (Phi) is 6.13. The van der Waals surface area contributed by atoms with E-state index < -0.39 is 24.0 Å². The second-order valence-electron chi connectivity index (χ2n) is 7.26. The molecular weight excluding hydrogens is 414 g/mol. The number of carbonyl (C=O) groups excluding carboxylic acids is 3. The Hall–Kier alpha value is -3.79. The fraction of sp³-hybridized carbons (Fsp3) is 0.318. The monoisotopic (exact) mass is 439 g/mol. The van der Waals surface area contributed by atoms with Crippen molar-refractivity contribution >= 4 is 29.1 Å². The Labute approximate surface area is 185 Å². The number of hydrogen-bond donors (Lipinski definition) is 2. The lowest BCUT2D eigenvalue weighted by atomic mass is 10.2. The predicted octanol–water partition coefficient (Wildman–Crippen LogP) is 1.01. The summed E-state index contributed by atoms with van der Waals surface area (Å²) in [5.74, 6) is -0.616. The maximum Gasteiger partial charge on any atom is 0.326 e. The van der Waals surface area contributed by atoms with Gasteiger partial charge in [-0.2, -0.15) is 5.43 Å². The summed E-state index contributed by atoms with van der Waals surface area (Å²) in [6.07, 6.45) is -0.572. The third-order valence-electron chi connectivity index (χ3n) is 5.30. The number of nitrogens with zero attached hydrogens (tertiary/aromatic N) is 3. The van der Waals surface area contributed by atoms with Crippen LogP contribution in [0.2, 0.25) is 0 Å². The van der Waals surface area contributed by atoms with Gasteiger partial charge in [-0.3, -0.25) is 24.3 Å². The number of benzene rings is 2. The van der Waals surface area contributed by atoms with E-state index in [0.717, 1.165) is 16.4 Å². The molecule has 2 aromatic rings. The van der Waals surface area contributed by atoms with E-state index in [1.165, 1.54) is 4.90 Å². The average molecular weight is 439 g/mol. The summed E-state index contributed by atoms with van der Waals surface area (Å²) in [7, 11) is 1.59. The van der Waals surface area contributed by atoms with E-state index in [0.29, 0.717) is 31.1 Å². The summed E-state index contributed by atoms with van der Waals surface area (Å²) in [4.78, 5) is 41.3. The Balaban J connectivity index is 1.47. The summed E-state index contributed by atoms with van der Waals surface area (Å²) >= 11 is 0. The fourth-order valence-electron chi connectivity index (χ4n) is 3.76. The minimum atomic E-state index is -0.772. The Bertz CT molecular complexity index is 1010. The molecule has 2 aliphatic rings. The average Bonchev–Trinajstić information content (AvgIpc) is 3.22. The topological polar surface area (TPSA) is 103 Å². The molecule has 2 saturated heterocycles. The molecule has 0 saturated carbocycles. The van der Waals surface area contributed by atoms with Crippen molar-refractivity contribution in [1.29, 1.82) is 0 Å². The van der Waals surface area contributed by atoms with E-state index in [4.69, 9.17) is 9.47 Å². The molecule has 32 heavy (non-hydrogen) atoms. The van der Waals surface area contributed by atoms with Crippen molar-refractivity contribution < 1.29 is 23.9 Å². The number of rotatable bonds is 7. The first-order valence-electron chi connectivity index (χ1n) is 10.3. The second-order valence-corrected chi connectivity index (χ2v) is 7.26. The van der Waals surface area contributed by atoms with Gasteiger partial charge >= 0.3 is 11.8 Å². The highest BCUT2D eigenvalue weighted by atomic mass is 16.5. The molecule has 0 spiro atoms. The highest BCUT2D eigenvalue weighted by molar-refractivity contribution is 6.35. The van der Waals surface area contributed by atoms with Gasteiger partial charge in [0, 0.05) is 18.8 Å². The molecule has 4 rings (SSSR count). The minimum Gasteiger partial charge on any atom is -0.497 e. The number of para-hydroxylation sites is 2. The van der Waals surface area contributed by atoms with Crippen LogP contribution in [0.15, 0.2) is 48.5 Å². The van der Waals surface area contributed by atoms with E-state index in [2.05, 4.69) is 10.7 Å². The highest BCUT2D eigenvalue weighted by Gasteiger charge is 2.45. The fourth-order valence-corrected chi connectivity index (χ4v) is 3.76. The van der Waals surface area contributed by atoms with Crippen LogP contribution in [0.4, 0.5) is 11.4 Å². The molecule has 0 aliphatic carbocycles. The lowest BCUT2D eigenvalue weighted by Gasteiger charge is -2.40. The molecule has 10 heteroatoms. The summed E-state index contributed by atoms with van der Waals surface area (Å²) in [5, 5.41) is 3.80. The third-order valence-corrected chi connectivity index (χ3v) is 5.30. The van der Waals surface area contributed by atoms with Crippen LogP contribution in [0.3, 0.4) is 0 Å². The number of carbonyl (C=O) groups is 3. The molecule has 1 atom stereocenters. The first-order chi connectivity index (χ1) is 15.5. The van der Waals surface area contributed by atoms with Gasteiger partial charge in [0.25, 0.3) is 0 Å². The van der Waals surface area contributed by atoms with E-state index in [9.17, 15) is 14.4 Å². The van der Waals surface area contributed by atoms with Crippen LogP contribution in [-0.2, 0) is 14.4 Å². The van der Waals surface area contributed by atoms with Gasteiger partial charge < -0.3 is 19.7 Å². The maximum absolute atomic E-state index is 12.7. The molecule has 0 aromatic heterocycles. The smallest absolute Gasteiger partial charge is 0.326 e. The normalized spacial score (nSPS) is 17.9. The summed E-state index contributed by atoms with van der Waals surface area (Å²) in [6.45, 7) is 2.92. The van der Waals surface area contributed by atoms with Gasteiger partial charge in [0.1, 0.15) is 18.0 Å². The van der Waals surface area contributed by atoms with Crippen molar-refractivity contribution in [3.8, 4) is 11.5 Å². The molecular formula is C22H25N5O5. The Morgan fingerprint density at radius 1 is 1.06 bits per heavy atom. The molecule has 2 fully saturated rings. The molecule has 10 nitrogen and oxygen atoms in total. The first kappa shape index (κ1) is 21.4. The van der Waals surface area contributed by atoms with Gasteiger partial charge in [-0.15, -0.1) is 0 Å². The van der Waals surface area contributed by atoms with E-state index in [1.807, 2.05) is 36.1 Å². The Morgan fingerprint density at radius 3 is 2.50 bits per heavy atom. The van der Waals surface area contributed by atoms with Gasteiger partial charge in [-0.25, -0.2) is 0 Å². The first-order valence-corrected chi connectivity index (χ1v) is 10.3. The standard InChI is InChI=1S/C22H25N5O5/c1-3-32-18-7-5-4-6-17(18)23-19(28)14-27-21(30)20(29)26-13-12-25(22(26)24-27)15-8-10-16(31-2)11-9-15/h4-11,22,24H,3,12-14H2,1-2H3,(H,23,28). The van der Waals surface area contributed by atoms with Gasteiger partial charge in [0.15, 0.2) is 6.29 Å². The second kappa shape index (κ2) is 9.15. The molecule has 1 unspecified atom stereocenters. The molecule has 3 amide bonds. The van der Waals surface area contributed by atoms with Crippen molar-refractivity contribution in [1.82, 2.24) is 15.3 Å². The highest BCUT2D eigenvalue weighted by Crippen LogP contribution is 2.27. The number of anilines is 2. The Morgan fingerprint density at radius 2 is 1.78 bits per heavy atom. The molecule has 2 N–H and O–H groups in total. The summed E-state index contributed by atoms with van der Waals surface area (Å²) in [6, 6.07) is 14.5. The minimum absolute atomic E-state index is 0.328. The molecule has 168 valence electrons. The van der Waals surface area contributed by atoms with Gasteiger partial charge in [-0.05, 0) is 43.3 Å². The molecule has 2 aliphatic heterocycles. The lowest BCUT2D eigenvalue weighted by Crippen LogP contribution is -2.68. The van der Waals surface area contributed by atoms with Gasteiger partial charge in [0.2, 0.25) is 5.91 Å². The van der Waals surface area contributed by atoms with Crippen molar-refractivity contribution in [3.05, 3.63) is 48.5 Å². The lowest BCUT2D eigenvalue weighted by molar-refractivity contribution is -0.163. The molecule has 2 aromatic carbocycles. The number of hydrogen-bond acceptors (Lipinski definition) is 7. The SMILES string of the molecule is CCOc1ccccc1NC(=O)CN1NC2N(CCN2c2ccc(OC)cc2)C(=O)C1=O. The van der Waals surface area contributed by atoms with Crippen LogP contribution in [0, 0.1) is 0 Å². The van der Waals surface area contributed by atoms with E-state index in [-0.39, 0.29) is 6.54 Å². The molecule has 0 bridgehead atoms. The molecule has 2 heterocycles. The van der Waals surface area contributed by atoms with Crippen LogP contribution in [0.25, 0.3) is 0 Å². The number of hydrazine groups is 1. The van der Waals surface area contributed by atoms with Crippen molar-refractivity contribution in [2.45, 2.75) is 13.2 Å². The largest absolute Gasteiger partial charge is 0.497 e. The van der Waals surface area contributed by atoms with Crippen molar-refractivity contribution in [2.75, 3.05) is 43.6 Å². The quantitative estimate of drug-likeness (QED) is 0.621. The van der Waals surface area contributed by atoms with Crippen LogP contribution in [0.5, 0.6) is 11.5 Å².